The SMILES string of the molecule is CN(CCCN)S(=O)(=O)Nc1cc(F)c(F)cc1F. The Labute approximate surface area is 109 Å². The van der Waals surface area contributed by atoms with Gasteiger partial charge in [0.1, 0.15) is 5.82 Å². The lowest BCUT2D eigenvalue weighted by Crippen LogP contribution is -2.34. The van der Waals surface area contributed by atoms with E-state index in [2.05, 4.69) is 0 Å². The third-order valence-electron chi connectivity index (χ3n) is 2.34. The van der Waals surface area contributed by atoms with E-state index in [9.17, 15) is 21.6 Å². The van der Waals surface area contributed by atoms with E-state index in [1.807, 2.05) is 4.72 Å². The van der Waals surface area contributed by atoms with Crippen LogP contribution in [0.2, 0.25) is 0 Å². The quantitative estimate of drug-likeness (QED) is 0.770. The van der Waals surface area contributed by atoms with E-state index in [1.54, 1.807) is 0 Å². The Hall–Kier alpha value is -1.32. The average molecular weight is 297 g/mol. The molecule has 9 heteroatoms. The Balaban J connectivity index is 2.92. The van der Waals surface area contributed by atoms with Gasteiger partial charge in [0.2, 0.25) is 0 Å². The summed E-state index contributed by atoms with van der Waals surface area (Å²) < 4.78 is 65.2. The number of halogens is 3. The first-order chi connectivity index (χ1) is 8.77. The van der Waals surface area contributed by atoms with Crippen LogP contribution in [0.5, 0.6) is 0 Å². The lowest BCUT2D eigenvalue weighted by Gasteiger charge is -2.18. The van der Waals surface area contributed by atoms with E-state index in [0.717, 1.165) is 4.31 Å². The molecule has 0 radical (unpaired) electrons. The molecule has 108 valence electrons. The summed E-state index contributed by atoms with van der Waals surface area (Å²) >= 11 is 0. The summed E-state index contributed by atoms with van der Waals surface area (Å²) in [6, 6.07) is 0.714. The second-order valence-corrected chi connectivity index (χ2v) is 5.59. The highest BCUT2D eigenvalue weighted by atomic mass is 32.2. The summed E-state index contributed by atoms with van der Waals surface area (Å²) in [6.45, 7) is 0.413. The van der Waals surface area contributed by atoms with Crippen molar-refractivity contribution < 1.29 is 21.6 Å². The van der Waals surface area contributed by atoms with E-state index < -0.39 is 33.3 Å². The number of hydrogen-bond donors (Lipinski definition) is 2. The van der Waals surface area contributed by atoms with Crippen LogP contribution in [0.3, 0.4) is 0 Å². The maximum atomic E-state index is 13.3. The van der Waals surface area contributed by atoms with Crippen molar-refractivity contribution in [2.45, 2.75) is 6.42 Å². The molecule has 3 N–H and O–H groups in total. The molecule has 0 saturated heterocycles. The molecule has 0 bridgehead atoms. The van der Waals surface area contributed by atoms with Crippen LogP contribution in [0, 0.1) is 17.5 Å². The summed E-state index contributed by atoms with van der Waals surface area (Å²) in [6.07, 6.45) is 0.414. The molecular formula is C10H14F3N3O2S. The fraction of sp³-hybridized carbons (Fsp3) is 0.400. The largest absolute Gasteiger partial charge is 0.330 e. The van der Waals surface area contributed by atoms with Crippen molar-refractivity contribution in [2.24, 2.45) is 5.73 Å². The summed E-state index contributed by atoms with van der Waals surface area (Å²) in [5.41, 5.74) is 4.59. The van der Waals surface area contributed by atoms with Crippen LogP contribution in [0.25, 0.3) is 0 Å². The fourth-order valence-corrected chi connectivity index (χ4v) is 2.21. The number of benzene rings is 1. The first-order valence-electron chi connectivity index (χ1n) is 5.36. The predicted octanol–water partition coefficient (Wildman–Crippen LogP) is 1.04. The molecule has 0 amide bonds. The van der Waals surface area contributed by atoms with Crippen molar-refractivity contribution in [2.75, 3.05) is 24.9 Å². The van der Waals surface area contributed by atoms with Gasteiger partial charge >= 0.3 is 10.2 Å². The third-order valence-corrected chi connectivity index (χ3v) is 3.82. The predicted molar refractivity (Wildman–Crippen MR) is 65.2 cm³/mol. The Bertz CT molecular complexity index is 551. The van der Waals surface area contributed by atoms with Crippen LogP contribution in [0.1, 0.15) is 6.42 Å². The number of nitrogens with two attached hydrogens (primary N) is 1. The number of nitrogens with one attached hydrogen (secondary N) is 1. The Morgan fingerprint density at radius 2 is 1.79 bits per heavy atom. The molecule has 0 fully saturated rings. The average Bonchev–Trinajstić information content (AvgIpc) is 2.32. The molecule has 0 aliphatic heterocycles. The number of rotatable bonds is 6. The van der Waals surface area contributed by atoms with Crippen molar-refractivity contribution in [3.8, 4) is 0 Å². The van der Waals surface area contributed by atoms with Crippen LogP contribution in [0.15, 0.2) is 12.1 Å². The van der Waals surface area contributed by atoms with Gasteiger partial charge in [0.15, 0.2) is 11.6 Å². The van der Waals surface area contributed by atoms with Crippen molar-refractivity contribution in [1.82, 2.24) is 4.31 Å². The molecule has 0 spiro atoms. The normalized spacial score (nSPS) is 11.9. The van der Waals surface area contributed by atoms with Gasteiger partial charge in [-0.1, -0.05) is 0 Å². The maximum absolute atomic E-state index is 13.3. The van der Waals surface area contributed by atoms with Gasteiger partial charge in [-0.25, -0.2) is 13.2 Å². The fourth-order valence-electron chi connectivity index (χ4n) is 1.25. The van der Waals surface area contributed by atoms with Gasteiger partial charge in [-0.3, -0.25) is 4.72 Å². The summed E-state index contributed by atoms with van der Waals surface area (Å²) in [7, 11) is -2.78. The molecule has 1 rings (SSSR count). The van der Waals surface area contributed by atoms with Gasteiger partial charge in [0.25, 0.3) is 0 Å². The third kappa shape index (κ3) is 4.08. The molecular weight excluding hydrogens is 283 g/mol. The van der Waals surface area contributed by atoms with Crippen LogP contribution in [-0.4, -0.2) is 32.9 Å². The Kier molecular flexibility index (Phi) is 5.15. The summed E-state index contributed by atoms with van der Waals surface area (Å²) in [5, 5.41) is 0. The molecule has 0 saturated carbocycles. The van der Waals surface area contributed by atoms with Crippen molar-refractivity contribution in [3.05, 3.63) is 29.6 Å². The molecule has 1 aromatic carbocycles. The molecule has 19 heavy (non-hydrogen) atoms. The molecule has 0 heterocycles. The zero-order valence-corrected chi connectivity index (χ0v) is 11.0. The zero-order valence-electron chi connectivity index (χ0n) is 10.2. The monoisotopic (exact) mass is 297 g/mol. The second kappa shape index (κ2) is 6.22. The Morgan fingerprint density at radius 3 is 2.37 bits per heavy atom. The van der Waals surface area contributed by atoms with Gasteiger partial charge in [0.05, 0.1) is 5.69 Å². The summed E-state index contributed by atoms with van der Waals surface area (Å²) in [4.78, 5) is 0. The number of hydrogen-bond acceptors (Lipinski definition) is 3. The highest BCUT2D eigenvalue weighted by Gasteiger charge is 2.20. The van der Waals surface area contributed by atoms with E-state index in [4.69, 9.17) is 5.73 Å². The first kappa shape index (κ1) is 15.7. The van der Waals surface area contributed by atoms with Crippen molar-refractivity contribution >= 4 is 15.9 Å². The highest BCUT2D eigenvalue weighted by Crippen LogP contribution is 2.20. The first-order valence-corrected chi connectivity index (χ1v) is 6.80. The van der Waals surface area contributed by atoms with Crippen molar-refractivity contribution in [1.29, 1.82) is 0 Å². The molecule has 0 aromatic heterocycles. The Morgan fingerprint density at radius 1 is 1.21 bits per heavy atom. The minimum atomic E-state index is -4.04. The van der Waals surface area contributed by atoms with Gasteiger partial charge < -0.3 is 5.73 Å². The van der Waals surface area contributed by atoms with Gasteiger partial charge in [-0.05, 0) is 13.0 Å². The smallest absolute Gasteiger partial charge is 0.301 e. The number of nitrogens with zero attached hydrogens (tertiary/aromatic N) is 1. The topological polar surface area (TPSA) is 75.4 Å². The minimum Gasteiger partial charge on any atom is -0.330 e. The molecule has 1 aromatic rings. The molecule has 0 atom stereocenters. The summed E-state index contributed by atoms with van der Waals surface area (Å²) in [5.74, 6) is -3.93. The van der Waals surface area contributed by atoms with Gasteiger partial charge in [0, 0.05) is 25.7 Å². The van der Waals surface area contributed by atoms with Crippen LogP contribution < -0.4 is 10.5 Å². The molecule has 0 aliphatic rings. The van der Waals surface area contributed by atoms with E-state index in [0.29, 0.717) is 19.0 Å². The molecule has 0 unspecified atom stereocenters. The lowest BCUT2D eigenvalue weighted by molar-refractivity contribution is 0.467. The van der Waals surface area contributed by atoms with E-state index >= 15 is 0 Å². The van der Waals surface area contributed by atoms with Crippen LogP contribution in [-0.2, 0) is 10.2 Å². The van der Waals surface area contributed by atoms with E-state index in [1.165, 1.54) is 7.05 Å². The second-order valence-electron chi connectivity index (χ2n) is 3.82. The molecule has 5 nitrogen and oxygen atoms in total. The standard InChI is InChI=1S/C10H14F3N3O2S/c1-16(4-2-3-14)19(17,18)15-10-6-8(12)7(11)5-9(10)13/h5-6,15H,2-4,14H2,1H3. The minimum absolute atomic E-state index is 0.122. The van der Waals surface area contributed by atoms with Gasteiger partial charge in [-0.2, -0.15) is 12.7 Å². The maximum Gasteiger partial charge on any atom is 0.301 e. The van der Waals surface area contributed by atoms with E-state index in [-0.39, 0.29) is 12.6 Å². The lowest BCUT2D eigenvalue weighted by atomic mass is 10.3. The van der Waals surface area contributed by atoms with Crippen LogP contribution in [0.4, 0.5) is 18.9 Å². The van der Waals surface area contributed by atoms with Crippen molar-refractivity contribution in [3.63, 3.8) is 0 Å². The zero-order chi connectivity index (χ0) is 14.6. The van der Waals surface area contributed by atoms with Crippen LogP contribution >= 0.6 is 0 Å². The highest BCUT2D eigenvalue weighted by molar-refractivity contribution is 7.90. The number of anilines is 1. The van der Waals surface area contributed by atoms with Gasteiger partial charge in [-0.15, -0.1) is 0 Å². The molecule has 0 aliphatic carbocycles.